The molecule has 3 rings (SSSR count). The molecule has 0 bridgehead atoms. The van der Waals surface area contributed by atoms with Crippen LogP contribution in [0.3, 0.4) is 0 Å². The molecule has 3 unspecified atom stereocenters. The molecule has 3 atom stereocenters. The molecule has 0 heterocycles. The number of hydrogen-bond donors (Lipinski definition) is 2. The Kier molecular flexibility index (Phi) is 11.5. The third-order valence-electron chi connectivity index (χ3n) is 7.43. The van der Waals surface area contributed by atoms with Crippen molar-refractivity contribution in [3.8, 4) is 0 Å². The van der Waals surface area contributed by atoms with E-state index in [4.69, 9.17) is 9.47 Å². The van der Waals surface area contributed by atoms with Crippen LogP contribution in [0.1, 0.15) is 96.5 Å². The Hall–Kier alpha value is -3.88. The molecule has 9 heteroatoms. The second kappa shape index (κ2) is 14.5. The molecule has 0 saturated heterocycles. The maximum Gasteiger partial charge on any atom is 0.408 e. The molecule has 0 aliphatic heterocycles. The molecule has 0 spiro atoms. The number of nitrogens with one attached hydrogen (secondary N) is 2. The van der Waals surface area contributed by atoms with Gasteiger partial charge < -0.3 is 25.0 Å². The van der Waals surface area contributed by atoms with Crippen LogP contribution in [0.4, 0.5) is 4.79 Å². The summed E-state index contributed by atoms with van der Waals surface area (Å²) in [5.41, 5.74) is 1.71. The van der Waals surface area contributed by atoms with Gasteiger partial charge in [-0.1, -0.05) is 62.4 Å². The molecule has 3 amide bonds. The standard InChI is InChI=1S/C36H51N3O6/c1-22(2)29(38-34(43)45-36(8,9)10)32(41)39(26-19-20-26)30(28-23(3)15-14-16-24(28)4)31(40)37-27(33(42)44-35(5,6)7)21-25-17-12-11-13-18-25/h11-18,22,26-27,29-30H,19-21H2,1-10H3,(H,37,40)(H,38,43). The Balaban J connectivity index is 2.07. The van der Waals surface area contributed by atoms with Gasteiger partial charge in [0.2, 0.25) is 11.8 Å². The second-order valence-electron chi connectivity index (χ2n) is 14.3. The summed E-state index contributed by atoms with van der Waals surface area (Å²) in [4.78, 5) is 57.0. The number of benzene rings is 2. The van der Waals surface area contributed by atoms with Crippen LogP contribution in [0.2, 0.25) is 0 Å². The number of nitrogens with zero attached hydrogens (tertiary/aromatic N) is 1. The van der Waals surface area contributed by atoms with E-state index in [1.54, 1.807) is 46.4 Å². The van der Waals surface area contributed by atoms with E-state index < -0.39 is 47.3 Å². The number of aryl methyl sites for hydroxylation is 2. The van der Waals surface area contributed by atoms with Gasteiger partial charge in [-0.2, -0.15) is 0 Å². The van der Waals surface area contributed by atoms with Crippen molar-refractivity contribution in [3.63, 3.8) is 0 Å². The summed E-state index contributed by atoms with van der Waals surface area (Å²) >= 11 is 0. The molecule has 45 heavy (non-hydrogen) atoms. The number of esters is 1. The third kappa shape index (κ3) is 10.3. The fourth-order valence-electron chi connectivity index (χ4n) is 5.30. The molecule has 2 aromatic carbocycles. The number of rotatable bonds is 11. The predicted octanol–water partition coefficient (Wildman–Crippen LogP) is 5.95. The summed E-state index contributed by atoms with van der Waals surface area (Å²) < 4.78 is 11.2. The Morgan fingerprint density at radius 1 is 0.822 bits per heavy atom. The fraction of sp³-hybridized carbons (Fsp3) is 0.556. The first-order valence-corrected chi connectivity index (χ1v) is 15.8. The highest BCUT2D eigenvalue weighted by Crippen LogP contribution is 2.38. The first kappa shape index (κ1) is 35.6. The maximum atomic E-state index is 14.6. The summed E-state index contributed by atoms with van der Waals surface area (Å²) in [6.45, 7) is 18.1. The Labute approximate surface area is 268 Å². The lowest BCUT2D eigenvalue weighted by atomic mass is 9.92. The van der Waals surface area contributed by atoms with Crippen molar-refractivity contribution in [1.29, 1.82) is 0 Å². The van der Waals surface area contributed by atoms with Gasteiger partial charge in [0.25, 0.3) is 0 Å². The highest BCUT2D eigenvalue weighted by Gasteiger charge is 2.46. The molecule has 2 N–H and O–H groups in total. The van der Waals surface area contributed by atoms with Gasteiger partial charge in [0.05, 0.1) is 0 Å². The van der Waals surface area contributed by atoms with Crippen LogP contribution < -0.4 is 10.6 Å². The summed E-state index contributed by atoms with van der Waals surface area (Å²) in [5, 5.41) is 5.75. The van der Waals surface area contributed by atoms with Gasteiger partial charge in [-0.25, -0.2) is 9.59 Å². The molecule has 1 aliphatic rings. The highest BCUT2D eigenvalue weighted by molar-refractivity contribution is 5.95. The normalized spacial score (nSPS) is 15.4. The van der Waals surface area contributed by atoms with E-state index in [1.165, 1.54) is 0 Å². The topological polar surface area (TPSA) is 114 Å². The van der Waals surface area contributed by atoms with E-state index in [1.807, 2.05) is 76.2 Å². The quantitative estimate of drug-likeness (QED) is 0.300. The number of ether oxygens (including phenoxy) is 2. The van der Waals surface area contributed by atoms with Crippen LogP contribution in [0.25, 0.3) is 0 Å². The number of carbonyl (C=O) groups excluding carboxylic acids is 4. The smallest absolute Gasteiger partial charge is 0.408 e. The van der Waals surface area contributed by atoms with Crippen molar-refractivity contribution in [1.82, 2.24) is 15.5 Å². The minimum Gasteiger partial charge on any atom is -0.458 e. The summed E-state index contributed by atoms with van der Waals surface area (Å²) in [6, 6.07) is 12.0. The minimum atomic E-state index is -1.05. The summed E-state index contributed by atoms with van der Waals surface area (Å²) in [6.07, 6.45) is 0.952. The van der Waals surface area contributed by atoms with Crippen LogP contribution in [-0.4, -0.2) is 58.1 Å². The Bertz CT molecular complexity index is 1330. The Morgan fingerprint density at radius 3 is 1.87 bits per heavy atom. The van der Waals surface area contributed by atoms with E-state index in [9.17, 15) is 19.2 Å². The first-order valence-electron chi connectivity index (χ1n) is 15.8. The van der Waals surface area contributed by atoms with Gasteiger partial charge in [-0.05, 0) is 96.4 Å². The monoisotopic (exact) mass is 621 g/mol. The molecule has 1 aliphatic carbocycles. The first-order chi connectivity index (χ1) is 20.9. The molecular formula is C36H51N3O6. The zero-order chi connectivity index (χ0) is 33.7. The lowest BCUT2D eigenvalue weighted by Crippen LogP contribution is -2.57. The SMILES string of the molecule is Cc1cccc(C)c1C(C(=O)NC(Cc1ccccc1)C(=O)OC(C)(C)C)N(C(=O)C(NC(=O)OC(C)(C)C)C(C)C)C1CC1. The average molecular weight is 622 g/mol. The maximum absolute atomic E-state index is 14.6. The fourth-order valence-corrected chi connectivity index (χ4v) is 5.30. The van der Waals surface area contributed by atoms with Gasteiger partial charge in [-0.3, -0.25) is 9.59 Å². The second-order valence-corrected chi connectivity index (χ2v) is 14.3. The van der Waals surface area contributed by atoms with Gasteiger partial charge >= 0.3 is 12.1 Å². The van der Waals surface area contributed by atoms with Crippen molar-refractivity contribution in [2.45, 2.75) is 124 Å². The van der Waals surface area contributed by atoms with E-state index in [0.29, 0.717) is 5.56 Å². The van der Waals surface area contributed by atoms with Crippen LogP contribution in [-0.2, 0) is 30.3 Å². The van der Waals surface area contributed by atoms with E-state index >= 15 is 0 Å². The molecule has 1 fully saturated rings. The van der Waals surface area contributed by atoms with Crippen molar-refractivity contribution in [2.75, 3.05) is 0 Å². The van der Waals surface area contributed by atoms with Crippen molar-refractivity contribution >= 4 is 23.9 Å². The molecule has 2 aromatic rings. The van der Waals surface area contributed by atoms with E-state index in [2.05, 4.69) is 10.6 Å². The molecular weight excluding hydrogens is 570 g/mol. The zero-order valence-corrected chi connectivity index (χ0v) is 28.5. The van der Waals surface area contributed by atoms with Gasteiger partial charge in [-0.15, -0.1) is 0 Å². The van der Waals surface area contributed by atoms with Crippen LogP contribution in [0.15, 0.2) is 48.5 Å². The molecule has 1 saturated carbocycles. The third-order valence-corrected chi connectivity index (χ3v) is 7.43. The summed E-state index contributed by atoms with van der Waals surface area (Å²) in [5.74, 6) is -1.71. The minimum absolute atomic E-state index is 0.206. The summed E-state index contributed by atoms with van der Waals surface area (Å²) in [7, 11) is 0. The van der Waals surface area contributed by atoms with E-state index in [-0.39, 0.29) is 24.3 Å². The van der Waals surface area contributed by atoms with Crippen molar-refractivity contribution < 1.29 is 28.7 Å². The van der Waals surface area contributed by atoms with E-state index in [0.717, 1.165) is 29.5 Å². The van der Waals surface area contributed by atoms with Crippen molar-refractivity contribution in [2.24, 2.45) is 5.92 Å². The molecule has 9 nitrogen and oxygen atoms in total. The number of amides is 3. The number of alkyl carbamates (subject to hydrolysis) is 1. The molecule has 0 aromatic heterocycles. The molecule has 246 valence electrons. The van der Waals surface area contributed by atoms with Crippen LogP contribution in [0.5, 0.6) is 0 Å². The predicted molar refractivity (Wildman–Crippen MR) is 174 cm³/mol. The van der Waals surface area contributed by atoms with Crippen LogP contribution in [0, 0.1) is 19.8 Å². The lowest BCUT2D eigenvalue weighted by Gasteiger charge is -2.37. The lowest BCUT2D eigenvalue weighted by molar-refractivity contribution is -0.159. The van der Waals surface area contributed by atoms with Gasteiger partial charge in [0.15, 0.2) is 0 Å². The van der Waals surface area contributed by atoms with Gasteiger partial charge in [0, 0.05) is 12.5 Å². The largest absolute Gasteiger partial charge is 0.458 e. The van der Waals surface area contributed by atoms with Crippen molar-refractivity contribution in [3.05, 3.63) is 70.8 Å². The zero-order valence-electron chi connectivity index (χ0n) is 28.5. The van der Waals surface area contributed by atoms with Gasteiger partial charge in [0.1, 0.15) is 29.3 Å². The Morgan fingerprint density at radius 2 is 1.38 bits per heavy atom. The molecule has 0 radical (unpaired) electrons. The number of carbonyl (C=O) groups is 4. The highest BCUT2D eigenvalue weighted by atomic mass is 16.6. The van der Waals surface area contributed by atoms with Crippen LogP contribution >= 0.6 is 0 Å². The average Bonchev–Trinajstić information content (AvgIpc) is 3.74. The number of hydrogen-bond acceptors (Lipinski definition) is 6.